The normalized spacial score (nSPS) is 11.0. The number of amides is 1. The highest BCUT2D eigenvalue weighted by Gasteiger charge is 2.18. The fraction of sp³-hybridized carbons (Fsp3) is 0.312. The fourth-order valence-electron chi connectivity index (χ4n) is 2.58. The highest BCUT2D eigenvalue weighted by Crippen LogP contribution is 2.10. The monoisotopic (exact) mass is 343 g/mol. The Labute approximate surface area is 142 Å². The second-order valence-corrected chi connectivity index (χ2v) is 5.86. The van der Waals surface area contributed by atoms with Crippen LogP contribution in [-0.2, 0) is 20.6 Å². The molecule has 9 nitrogen and oxygen atoms in total. The van der Waals surface area contributed by atoms with Crippen molar-refractivity contribution in [1.29, 1.82) is 0 Å². The quantitative estimate of drug-likeness (QED) is 0.673. The summed E-state index contributed by atoms with van der Waals surface area (Å²) in [6.07, 6.45) is 0. The van der Waals surface area contributed by atoms with E-state index in [1.54, 1.807) is 20.0 Å². The van der Waals surface area contributed by atoms with Crippen LogP contribution in [0.15, 0.2) is 32.3 Å². The van der Waals surface area contributed by atoms with E-state index in [-0.39, 0.29) is 29.2 Å². The van der Waals surface area contributed by atoms with Crippen LogP contribution in [0.4, 0.5) is 0 Å². The van der Waals surface area contributed by atoms with Gasteiger partial charge in [0.2, 0.25) is 0 Å². The topological polar surface area (TPSA) is 103 Å². The number of carbonyl (C=O) groups excluding carboxylic acids is 1. The third kappa shape index (κ3) is 2.84. The average Bonchev–Trinajstić information content (AvgIpc) is 3.01. The third-order valence-corrected chi connectivity index (χ3v) is 3.94. The average molecular weight is 343 g/mol. The molecule has 130 valence electrons. The summed E-state index contributed by atoms with van der Waals surface area (Å²) in [7, 11) is 4.52. The van der Waals surface area contributed by atoms with E-state index in [9.17, 15) is 14.4 Å². The number of rotatable bonds is 3. The van der Waals surface area contributed by atoms with Gasteiger partial charge < -0.3 is 9.42 Å². The number of hydrogen-bond acceptors (Lipinski definition) is 6. The van der Waals surface area contributed by atoms with E-state index in [4.69, 9.17) is 4.52 Å². The maximum atomic E-state index is 12.6. The van der Waals surface area contributed by atoms with Crippen molar-refractivity contribution in [3.05, 3.63) is 56.2 Å². The molecule has 0 N–H and O–H groups in total. The van der Waals surface area contributed by atoms with Gasteiger partial charge >= 0.3 is 5.69 Å². The summed E-state index contributed by atoms with van der Waals surface area (Å²) >= 11 is 0. The van der Waals surface area contributed by atoms with Gasteiger partial charge in [-0.15, -0.1) is 0 Å². The minimum absolute atomic E-state index is 0.137. The van der Waals surface area contributed by atoms with E-state index in [1.165, 1.54) is 35.7 Å². The summed E-state index contributed by atoms with van der Waals surface area (Å²) < 4.78 is 7.23. The summed E-state index contributed by atoms with van der Waals surface area (Å²) in [5.41, 5.74) is -0.0180. The second-order valence-electron chi connectivity index (χ2n) is 5.86. The number of hydrogen-bond donors (Lipinski definition) is 0. The Morgan fingerprint density at radius 2 is 1.96 bits per heavy atom. The summed E-state index contributed by atoms with van der Waals surface area (Å²) in [6.45, 7) is 2.02. The molecular formula is C16H17N5O4. The van der Waals surface area contributed by atoms with Crippen LogP contribution in [0, 0.1) is 6.92 Å². The van der Waals surface area contributed by atoms with Gasteiger partial charge in [0.05, 0.1) is 11.9 Å². The molecule has 9 heteroatoms. The predicted molar refractivity (Wildman–Crippen MR) is 89.3 cm³/mol. The molecule has 3 aromatic rings. The van der Waals surface area contributed by atoms with E-state index in [0.29, 0.717) is 11.5 Å². The third-order valence-electron chi connectivity index (χ3n) is 3.94. The first-order valence-corrected chi connectivity index (χ1v) is 7.54. The van der Waals surface area contributed by atoms with Gasteiger partial charge in [-0.2, -0.15) is 0 Å². The van der Waals surface area contributed by atoms with Crippen molar-refractivity contribution in [2.24, 2.45) is 14.1 Å². The number of aryl methyl sites for hydroxylation is 2. The van der Waals surface area contributed by atoms with E-state index in [2.05, 4.69) is 10.1 Å². The SMILES string of the molecule is Cc1cc(CN(C)C(=O)c2ccc3c(=O)n(C)c(=O)n(C)c3n2)no1. The molecule has 0 fully saturated rings. The lowest BCUT2D eigenvalue weighted by Gasteiger charge is -2.15. The standard InChI is InChI=1S/C16H17N5O4/c1-9-7-10(18-25-9)8-19(2)15(23)12-6-5-11-13(17-12)20(3)16(24)21(4)14(11)22/h5-7H,8H2,1-4H3. The summed E-state index contributed by atoms with van der Waals surface area (Å²) in [6, 6.07) is 4.72. The van der Waals surface area contributed by atoms with Crippen molar-refractivity contribution in [2.45, 2.75) is 13.5 Å². The largest absolute Gasteiger partial charge is 0.361 e. The highest BCUT2D eigenvalue weighted by atomic mass is 16.5. The molecule has 1 amide bonds. The molecule has 0 aliphatic heterocycles. The molecule has 3 rings (SSSR count). The van der Waals surface area contributed by atoms with E-state index >= 15 is 0 Å². The molecule has 0 spiro atoms. The molecule has 0 radical (unpaired) electrons. The first kappa shape index (κ1) is 16.6. The van der Waals surface area contributed by atoms with Crippen molar-refractivity contribution < 1.29 is 9.32 Å². The van der Waals surface area contributed by atoms with Crippen LogP contribution >= 0.6 is 0 Å². The first-order valence-electron chi connectivity index (χ1n) is 7.54. The van der Waals surface area contributed by atoms with E-state index < -0.39 is 11.2 Å². The van der Waals surface area contributed by atoms with Crippen molar-refractivity contribution in [1.82, 2.24) is 24.2 Å². The molecule has 0 saturated heterocycles. The smallest absolute Gasteiger partial charge is 0.332 e. The van der Waals surface area contributed by atoms with Gasteiger partial charge in [0, 0.05) is 27.2 Å². The molecule has 0 atom stereocenters. The Morgan fingerprint density at radius 1 is 1.24 bits per heavy atom. The zero-order chi connectivity index (χ0) is 18.3. The molecule has 0 unspecified atom stereocenters. The van der Waals surface area contributed by atoms with Crippen LogP contribution in [-0.4, -0.2) is 37.1 Å². The lowest BCUT2D eigenvalue weighted by atomic mass is 10.2. The van der Waals surface area contributed by atoms with Crippen molar-refractivity contribution in [3.8, 4) is 0 Å². The maximum absolute atomic E-state index is 12.6. The second kappa shape index (κ2) is 6.00. The lowest BCUT2D eigenvalue weighted by Crippen LogP contribution is -2.37. The molecule has 0 aliphatic carbocycles. The van der Waals surface area contributed by atoms with Gasteiger partial charge in [0.25, 0.3) is 11.5 Å². The van der Waals surface area contributed by atoms with Gasteiger partial charge in [0.1, 0.15) is 22.8 Å². The Bertz CT molecular complexity index is 1090. The minimum atomic E-state index is -0.499. The molecule has 0 bridgehead atoms. The van der Waals surface area contributed by atoms with Crippen LogP contribution in [0.25, 0.3) is 11.0 Å². The minimum Gasteiger partial charge on any atom is -0.361 e. The van der Waals surface area contributed by atoms with Crippen LogP contribution in [0.1, 0.15) is 21.9 Å². The summed E-state index contributed by atoms with van der Waals surface area (Å²) in [5, 5.41) is 4.12. The van der Waals surface area contributed by atoms with E-state index in [0.717, 1.165) is 4.57 Å². The van der Waals surface area contributed by atoms with E-state index in [1.807, 2.05) is 0 Å². The van der Waals surface area contributed by atoms with Crippen molar-refractivity contribution in [2.75, 3.05) is 7.05 Å². The van der Waals surface area contributed by atoms with Gasteiger partial charge in [0.15, 0.2) is 0 Å². The predicted octanol–water partition coefficient (Wildman–Crippen LogP) is 0.201. The van der Waals surface area contributed by atoms with Crippen molar-refractivity contribution >= 4 is 16.9 Å². The Hall–Kier alpha value is -3.23. The summed E-state index contributed by atoms with van der Waals surface area (Å²) in [5.74, 6) is 0.307. The molecule has 0 aromatic carbocycles. The number of aromatic nitrogens is 4. The lowest BCUT2D eigenvalue weighted by molar-refractivity contribution is 0.0776. The van der Waals surface area contributed by atoms with Crippen LogP contribution in [0.2, 0.25) is 0 Å². The Balaban J connectivity index is 2.00. The molecule has 3 heterocycles. The van der Waals surface area contributed by atoms with Crippen LogP contribution in [0.3, 0.4) is 0 Å². The zero-order valence-electron chi connectivity index (χ0n) is 14.3. The highest BCUT2D eigenvalue weighted by molar-refractivity contribution is 5.94. The van der Waals surface area contributed by atoms with Gasteiger partial charge in [-0.05, 0) is 19.1 Å². The zero-order valence-corrected chi connectivity index (χ0v) is 14.3. The number of pyridine rings is 1. The number of carbonyl (C=O) groups is 1. The molecule has 0 saturated carbocycles. The first-order chi connectivity index (χ1) is 11.8. The van der Waals surface area contributed by atoms with Gasteiger partial charge in [-0.25, -0.2) is 9.78 Å². The number of fused-ring (bicyclic) bond motifs is 1. The van der Waals surface area contributed by atoms with Gasteiger partial charge in [-0.1, -0.05) is 5.16 Å². The fourth-order valence-corrected chi connectivity index (χ4v) is 2.58. The Kier molecular flexibility index (Phi) is 3.99. The van der Waals surface area contributed by atoms with Crippen LogP contribution < -0.4 is 11.2 Å². The summed E-state index contributed by atoms with van der Waals surface area (Å²) in [4.78, 5) is 42.4. The molecule has 3 aromatic heterocycles. The molecule has 0 aliphatic rings. The Morgan fingerprint density at radius 3 is 2.60 bits per heavy atom. The van der Waals surface area contributed by atoms with Crippen molar-refractivity contribution in [3.63, 3.8) is 0 Å². The van der Waals surface area contributed by atoms with Crippen LogP contribution in [0.5, 0.6) is 0 Å². The molecular weight excluding hydrogens is 326 g/mol. The number of nitrogens with zero attached hydrogens (tertiary/aromatic N) is 5. The molecule has 25 heavy (non-hydrogen) atoms. The van der Waals surface area contributed by atoms with Gasteiger partial charge in [-0.3, -0.25) is 18.7 Å². The maximum Gasteiger partial charge on any atom is 0.332 e.